The van der Waals surface area contributed by atoms with Crippen molar-refractivity contribution in [3.8, 4) is 0 Å². The first-order valence-corrected chi connectivity index (χ1v) is 10.6. The standard InChI is InChI=1S/C20H39N5O.HI/c1-4-22-20(23-15-17(2)16-24-10-6-5-7-11-24)25-12-8-18(9-13-25)14-19(26)21-3;/h17-18H,4-16H2,1-3H3,(H,21,26)(H,22,23);1H. The van der Waals surface area contributed by atoms with Crippen molar-refractivity contribution < 1.29 is 4.79 Å². The summed E-state index contributed by atoms with van der Waals surface area (Å²) in [4.78, 5) is 21.5. The van der Waals surface area contributed by atoms with E-state index in [2.05, 4.69) is 34.3 Å². The van der Waals surface area contributed by atoms with Crippen LogP contribution in [0, 0.1) is 11.8 Å². The van der Waals surface area contributed by atoms with Gasteiger partial charge in [0.2, 0.25) is 5.91 Å². The number of piperidine rings is 2. The van der Waals surface area contributed by atoms with Crippen LogP contribution >= 0.6 is 24.0 Å². The third kappa shape index (κ3) is 8.98. The first-order chi connectivity index (χ1) is 12.6. The molecule has 0 aliphatic carbocycles. The normalized spacial score (nSPS) is 20.7. The second-order valence-electron chi connectivity index (χ2n) is 7.97. The minimum atomic E-state index is 0. The van der Waals surface area contributed by atoms with Gasteiger partial charge in [-0.3, -0.25) is 9.79 Å². The van der Waals surface area contributed by atoms with Gasteiger partial charge in [0, 0.05) is 46.2 Å². The Balaban J connectivity index is 0.00000364. The van der Waals surface area contributed by atoms with Crippen molar-refractivity contribution in [3.63, 3.8) is 0 Å². The van der Waals surface area contributed by atoms with E-state index >= 15 is 0 Å². The van der Waals surface area contributed by atoms with Gasteiger partial charge in [0.1, 0.15) is 0 Å². The molecule has 2 aliphatic heterocycles. The SMILES string of the molecule is CCNC(=NCC(C)CN1CCCCC1)N1CCC(CC(=O)NC)CC1.I. The van der Waals surface area contributed by atoms with Gasteiger partial charge in [0.05, 0.1) is 0 Å². The molecule has 2 rings (SSSR count). The van der Waals surface area contributed by atoms with E-state index in [-0.39, 0.29) is 29.9 Å². The Morgan fingerprint density at radius 1 is 1.15 bits per heavy atom. The molecule has 0 bridgehead atoms. The van der Waals surface area contributed by atoms with Gasteiger partial charge in [0.25, 0.3) is 0 Å². The molecule has 1 amide bonds. The van der Waals surface area contributed by atoms with E-state index < -0.39 is 0 Å². The zero-order valence-corrected chi connectivity index (χ0v) is 19.8. The molecule has 7 heteroatoms. The Morgan fingerprint density at radius 2 is 1.81 bits per heavy atom. The van der Waals surface area contributed by atoms with Crippen molar-refractivity contribution in [2.75, 3.05) is 52.9 Å². The fourth-order valence-electron chi connectivity index (χ4n) is 4.02. The summed E-state index contributed by atoms with van der Waals surface area (Å²) >= 11 is 0. The van der Waals surface area contributed by atoms with Gasteiger partial charge in [-0.1, -0.05) is 13.3 Å². The highest BCUT2D eigenvalue weighted by molar-refractivity contribution is 14.0. The molecule has 1 atom stereocenters. The van der Waals surface area contributed by atoms with Crippen LogP contribution in [0.3, 0.4) is 0 Å². The van der Waals surface area contributed by atoms with Gasteiger partial charge in [0.15, 0.2) is 5.96 Å². The van der Waals surface area contributed by atoms with Gasteiger partial charge in [-0.2, -0.15) is 0 Å². The summed E-state index contributed by atoms with van der Waals surface area (Å²) in [6, 6.07) is 0. The molecule has 158 valence electrons. The molecule has 2 heterocycles. The second-order valence-corrected chi connectivity index (χ2v) is 7.97. The smallest absolute Gasteiger partial charge is 0.220 e. The number of nitrogens with one attached hydrogen (secondary N) is 2. The number of carbonyl (C=O) groups is 1. The maximum atomic E-state index is 11.6. The molecule has 1 unspecified atom stereocenters. The molecule has 0 spiro atoms. The van der Waals surface area contributed by atoms with Crippen LogP contribution in [0.15, 0.2) is 4.99 Å². The van der Waals surface area contributed by atoms with E-state index in [0.717, 1.165) is 51.5 Å². The van der Waals surface area contributed by atoms with Crippen molar-refractivity contribution in [1.29, 1.82) is 0 Å². The van der Waals surface area contributed by atoms with Crippen molar-refractivity contribution in [3.05, 3.63) is 0 Å². The van der Waals surface area contributed by atoms with Crippen LogP contribution in [0.5, 0.6) is 0 Å². The summed E-state index contributed by atoms with van der Waals surface area (Å²) < 4.78 is 0. The van der Waals surface area contributed by atoms with Gasteiger partial charge in [-0.25, -0.2) is 0 Å². The van der Waals surface area contributed by atoms with Gasteiger partial charge < -0.3 is 20.4 Å². The van der Waals surface area contributed by atoms with E-state index in [1.807, 2.05) is 0 Å². The molecule has 2 N–H and O–H groups in total. The quantitative estimate of drug-likeness (QED) is 0.325. The van der Waals surface area contributed by atoms with E-state index in [1.165, 1.54) is 32.4 Å². The summed E-state index contributed by atoms with van der Waals surface area (Å²) in [5.74, 6) is 2.31. The molecule has 0 aromatic heterocycles. The minimum Gasteiger partial charge on any atom is -0.359 e. The van der Waals surface area contributed by atoms with Crippen LogP contribution in [-0.4, -0.2) is 74.5 Å². The lowest BCUT2D eigenvalue weighted by Crippen LogP contribution is -2.46. The monoisotopic (exact) mass is 493 g/mol. The minimum absolute atomic E-state index is 0. The number of halogens is 1. The molecule has 2 fully saturated rings. The highest BCUT2D eigenvalue weighted by Gasteiger charge is 2.23. The third-order valence-corrected chi connectivity index (χ3v) is 5.57. The lowest BCUT2D eigenvalue weighted by molar-refractivity contribution is -0.121. The number of likely N-dealkylation sites (tertiary alicyclic amines) is 2. The average molecular weight is 493 g/mol. The fourth-order valence-corrected chi connectivity index (χ4v) is 4.02. The lowest BCUT2D eigenvalue weighted by atomic mass is 9.93. The summed E-state index contributed by atoms with van der Waals surface area (Å²) in [7, 11) is 1.72. The first kappa shape index (κ1) is 24.5. The maximum Gasteiger partial charge on any atom is 0.220 e. The van der Waals surface area contributed by atoms with Crippen LogP contribution in [0.4, 0.5) is 0 Å². The molecule has 0 radical (unpaired) electrons. The Kier molecular flexibility index (Phi) is 12.3. The van der Waals surface area contributed by atoms with Crippen LogP contribution < -0.4 is 10.6 Å². The third-order valence-electron chi connectivity index (χ3n) is 5.57. The Hall–Kier alpha value is -0.570. The summed E-state index contributed by atoms with van der Waals surface area (Å²) in [5, 5.41) is 6.20. The summed E-state index contributed by atoms with van der Waals surface area (Å²) in [5.41, 5.74) is 0. The molecule has 27 heavy (non-hydrogen) atoms. The zero-order valence-electron chi connectivity index (χ0n) is 17.5. The van der Waals surface area contributed by atoms with Crippen LogP contribution in [0.25, 0.3) is 0 Å². The second kappa shape index (κ2) is 13.6. The Morgan fingerprint density at radius 3 is 2.41 bits per heavy atom. The first-order valence-electron chi connectivity index (χ1n) is 10.6. The molecular formula is C20H40IN5O. The van der Waals surface area contributed by atoms with E-state index in [0.29, 0.717) is 18.3 Å². The number of aliphatic imine (C=N–C) groups is 1. The number of amides is 1. The van der Waals surface area contributed by atoms with Crippen LogP contribution in [-0.2, 0) is 4.79 Å². The molecule has 0 aromatic carbocycles. The summed E-state index contributed by atoms with van der Waals surface area (Å²) in [6.07, 6.45) is 6.89. The highest BCUT2D eigenvalue weighted by Crippen LogP contribution is 2.20. The Bertz CT molecular complexity index is 446. The molecular weight excluding hydrogens is 453 g/mol. The topological polar surface area (TPSA) is 60.0 Å². The number of rotatable bonds is 7. The number of hydrogen-bond donors (Lipinski definition) is 2. The zero-order chi connectivity index (χ0) is 18.8. The Labute approximate surface area is 182 Å². The molecule has 0 saturated carbocycles. The van der Waals surface area contributed by atoms with E-state index in [9.17, 15) is 4.79 Å². The van der Waals surface area contributed by atoms with Crippen molar-refractivity contribution in [1.82, 2.24) is 20.4 Å². The van der Waals surface area contributed by atoms with E-state index in [4.69, 9.17) is 4.99 Å². The largest absolute Gasteiger partial charge is 0.359 e. The average Bonchev–Trinajstić information content (AvgIpc) is 2.66. The predicted octanol–water partition coefficient (Wildman–Crippen LogP) is 2.54. The highest BCUT2D eigenvalue weighted by atomic mass is 127. The summed E-state index contributed by atoms with van der Waals surface area (Å²) in [6.45, 7) is 11.9. The molecule has 0 aromatic rings. The van der Waals surface area contributed by atoms with Gasteiger partial charge in [-0.15, -0.1) is 24.0 Å². The molecule has 2 saturated heterocycles. The van der Waals surface area contributed by atoms with E-state index in [1.54, 1.807) is 7.05 Å². The van der Waals surface area contributed by atoms with Crippen molar-refractivity contribution >= 4 is 35.8 Å². The molecule has 2 aliphatic rings. The number of guanidine groups is 1. The lowest BCUT2D eigenvalue weighted by Gasteiger charge is -2.34. The predicted molar refractivity (Wildman–Crippen MR) is 124 cm³/mol. The van der Waals surface area contributed by atoms with Crippen LogP contribution in [0.1, 0.15) is 52.4 Å². The van der Waals surface area contributed by atoms with Crippen molar-refractivity contribution in [2.24, 2.45) is 16.8 Å². The van der Waals surface area contributed by atoms with Crippen molar-refractivity contribution in [2.45, 2.75) is 52.4 Å². The molecule has 6 nitrogen and oxygen atoms in total. The number of hydrogen-bond acceptors (Lipinski definition) is 3. The number of carbonyl (C=O) groups excluding carboxylic acids is 1. The maximum absolute atomic E-state index is 11.6. The van der Waals surface area contributed by atoms with Crippen LogP contribution in [0.2, 0.25) is 0 Å². The van der Waals surface area contributed by atoms with Gasteiger partial charge >= 0.3 is 0 Å². The fraction of sp³-hybridized carbons (Fsp3) is 0.900. The van der Waals surface area contributed by atoms with Gasteiger partial charge in [-0.05, 0) is 57.5 Å². The number of nitrogens with zero attached hydrogens (tertiary/aromatic N) is 3.